The highest BCUT2D eigenvalue weighted by atomic mass is 19.1. The van der Waals surface area contributed by atoms with Gasteiger partial charge in [-0.1, -0.05) is 18.2 Å². The normalized spacial score (nSPS) is 17.8. The van der Waals surface area contributed by atoms with E-state index in [0.29, 0.717) is 18.4 Å². The summed E-state index contributed by atoms with van der Waals surface area (Å²) in [7, 11) is 0. The Hall–Kier alpha value is -1.38. The molecule has 0 aromatic heterocycles. The second kappa shape index (κ2) is 3.08. The molecular weight excluding hydrogens is 183 g/mol. The number of carboxylic acids is 1. The molecule has 0 saturated heterocycles. The van der Waals surface area contributed by atoms with Crippen LogP contribution in [0.5, 0.6) is 0 Å². The maximum atomic E-state index is 13.4. The van der Waals surface area contributed by atoms with Gasteiger partial charge in [-0.2, -0.15) is 0 Å². The average Bonchev–Trinajstić information content (AvgIpc) is 2.84. The first-order valence-electron chi connectivity index (χ1n) is 4.61. The Bertz CT molecular complexity index is 369. The van der Waals surface area contributed by atoms with Crippen LogP contribution in [0.1, 0.15) is 28.8 Å². The molecule has 2 rings (SSSR count). The molecule has 0 atom stereocenters. The maximum absolute atomic E-state index is 13.4. The molecule has 1 aromatic rings. The molecule has 0 bridgehead atoms. The highest BCUT2D eigenvalue weighted by molar-refractivity contribution is 5.89. The van der Waals surface area contributed by atoms with Crippen molar-refractivity contribution in [2.45, 2.75) is 24.9 Å². The number of halogens is 1. The second-order valence-electron chi connectivity index (χ2n) is 3.79. The fourth-order valence-electron chi connectivity index (χ4n) is 1.54. The zero-order chi connectivity index (χ0) is 10.2. The summed E-state index contributed by atoms with van der Waals surface area (Å²) < 4.78 is 13.4. The van der Waals surface area contributed by atoms with Gasteiger partial charge in [0.2, 0.25) is 0 Å². The summed E-state index contributed by atoms with van der Waals surface area (Å²) in [6, 6.07) is 6.60. The summed E-state index contributed by atoms with van der Waals surface area (Å²) in [6.07, 6.45) is 1.34. The van der Waals surface area contributed by atoms with Crippen LogP contribution in [-0.2, 0) is 6.42 Å². The zero-order valence-electron chi connectivity index (χ0n) is 7.66. The molecular formula is C11H11FO2. The van der Waals surface area contributed by atoms with Gasteiger partial charge >= 0.3 is 5.97 Å². The summed E-state index contributed by atoms with van der Waals surface area (Å²) in [6.45, 7) is 0. The van der Waals surface area contributed by atoms with Gasteiger partial charge in [-0.25, -0.2) is 9.18 Å². The Morgan fingerprint density at radius 3 is 2.64 bits per heavy atom. The predicted molar refractivity (Wildman–Crippen MR) is 50.2 cm³/mol. The quantitative estimate of drug-likeness (QED) is 0.802. The van der Waals surface area contributed by atoms with E-state index in [1.165, 1.54) is 6.07 Å². The van der Waals surface area contributed by atoms with E-state index in [0.717, 1.165) is 0 Å². The van der Waals surface area contributed by atoms with E-state index < -0.39 is 11.6 Å². The van der Waals surface area contributed by atoms with E-state index in [9.17, 15) is 9.18 Å². The first-order valence-corrected chi connectivity index (χ1v) is 4.61. The standard InChI is InChI=1S/C11H11FO2/c12-11(5-6-11)7-8-3-1-2-4-9(8)10(13)14/h1-4H,5-7H2,(H,13,14). The van der Waals surface area contributed by atoms with Crippen LogP contribution in [0.25, 0.3) is 0 Å². The predicted octanol–water partition coefficient (Wildman–Crippen LogP) is 2.43. The molecule has 0 radical (unpaired) electrons. The number of alkyl halides is 1. The van der Waals surface area contributed by atoms with Gasteiger partial charge < -0.3 is 5.11 Å². The Morgan fingerprint density at radius 2 is 2.07 bits per heavy atom. The molecule has 0 amide bonds. The molecule has 1 saturated carbocycles. The Morgan fingerprint density at radius 1 is 1.43 bits per heavy atom. The SMILES string of the molecule is O=C(O)c1ccccc1CC1(F)CC1. The summed E-state index contributed by atoms with van der Waals surface area (Å²) >= 11 is 0. The first-order chi connectivity index (χ1) is 6.61. The van der Waals surface area contributed by atoms with Crippen molar-refractivity contribution in [3.8, 4) is 0 Å². The number of benzene rings is 1. The highest BCUT2D eigenvalue weighted by Crippen LogP contribution is 2.43. The number of hydrogen-bond donors (Lipinski definition) is 1. The van der Waals surface area contributed by atoms with Crippen molar-refractivity contribution in [3.63, 3.8) is 0 Å². The summed E-state index contributed by atoms with van der Waals surface area (Å²) in [4.78, 5) is 10.8. The van der Waals surface area contributed by atoms with Gasteiger partial charge in [0.05, 0.1) is 5.56 Å². The molecule has 0 unspecified atom stereocenters. The Labute approximate surface area is 81.4 Å². The molecule has 0 aliphatic heterocycles. The molecule has 74 valence electrons. The number of hydrogen-bond acceptors (Lipinski definition) is 1. The third-order valence-corrected chi connectivity index (χ3v) is 2.55. The average molecular weight is 194 g/mol. The van der Waals surface area contributed by atoms with Crippen LogP contribution in [0.3, 0.4) is 0 Å². The fraction of sp³-hybridized carbons (Fsp3) is 0.364. The molecule has 1 aliphatic carbocycles. The molecule has 14 heavy (non-hydrogen) atoms. The third kappa shape index (κ3) is 1.76. The van der Waals surface area contributed by atoms with Crippen molar-refractivity contribution in [1.29, 1.82) is 0 Å². The lowest BCUT2D eigenvalue weighted by Crippen LogP contribution is -2.09. The van der Waals surface area contributed by atoms with Gasteiger partial charge in [0.1, 0.15) is 5.67 Å². The maximum Gasteiger partial charge on any atom is 0.335 e. The molecule has 1 aliphatic rings. The van der Waals surface area contributed by atoms with Gasteiger partial charge in [0.15, 0.2) is 0 Å². The second-order valence-corrected chi connectivity index (χ2v) is 3.79. The Kier molecular flexibility index (Phi) is 2.02. The molecule has 1 N–H and O–H groups in total. The van der Waals surface area contributed by atoms with Crippen LogP contribution in [0.15, 0.2) is 24.3 Å². The van der Waals surface area contributed by atoms with Gasteiger partial charge in [-0.15, -0.1) is 0 Å². The lowest BCUT2D eigenvalue weighted by molar-refractivity contribution is 0.0695. The molecule has 2 nitrogen and oxygen atoms in total. The smallest absolute Gasteiger partial charge is 0.335 e. The number of aromatic carboxylic acids is 1. The minimum atomic E-state index is -1.13. The van der Waals surface area contributed by atoms with Crippen molar-refractivity contribution in [2.75, 3.05) is 0 Å². The minimum absolute atomic E-state index is 0.219. The fourth-order valence-corrected chi connectivity index (χ4v) is 1.54. The first kappa shape index (κ1) is 9.19. The van der Waals surface area contributed by atoms with E-state index in [4.69, 9.17) is 5.11 Å². The van der Waals surface area contributed by atoms with Crippen molar-refractivity contribution < 1.29 is 14.3 Å². The van der Waals surface area contributed by atoms with Crippen molar-refractivity contribution in [1.82, 2.24) is 0 Å². The van der Waals surface area contributed by atoms with Crippen LogP contribution in [0, 0.1) is 0 Å². The van der Waals surface area contributed by atoms with E-state index in [1.807, 2.05) is 0 Å². The minimum Gasteiger partial charge on any atom is -0.478 e. The number of carboxylic acid groups (broad SMARTS) is 1. The van der Waals surface area contributed by atoms with Crippen LogP contribution < -0.4 is 0 Å². The number of carbonyl (C=O) groups is 1. The van der Waals surface area contributed by atoms with Crippen molar-refractivity contribution in [3.05, 3.63) is 35.4 Å². The van der Waals surface area contributed by atoms with Crippen LogP contribution >= 0.6 is 0 Å². The zero-order valence-corrected chi connectivity index (χ0v) is 7.66. The van der Waals surface area contributed by atoms with Gasteiger partial charge in [-0.3, -0.25) is 0 Å². The van der Waals surface area contributed by atoms with E-state index in [1.54, 1.807) is 18.2 Å². The Balaban J connectivity index is 2.27. The number of rotatable bonds is 3. The van der Waals surface area contributed by atoms with Gasteiger partial charge in [-0.05, 0) is 24.5 Å². The molecule has 0 heterocycles. The molecule has 0 spiro atoms. The molecule has 1 aromatic carbocycles. The van der Waals surface area contributed by atoms with E-state index in [2.05, 4.69) is 0 Å². The van der Waals surface area contributed by atoms with Crippen LogP contribution in [-0.4, -0.2) is 16.7 Å². The lowest BCUT2D eigenvalue weighted by atomic mass is 10.0. The van der Waals surface area contributed by atoms with E-state index >= 15 is 0 Å². The lowest BCUT2D eigenvalue weighted by Gasteiger charge is -2.07. The van der Waals surface area contributed by atoms with Crippen molar-refractivity contribution >= 4 is 5.97 Å². The van der Waals surface area contributed by atoms with Crippen LogP contribution in [0.2, 0.25) is 0 Å². The van der Waals surface area contributed by atoms with Gasteiger partial charge in [0.25, 0.3) is 0 Å². The molecule has 1 fully saturated rings. The monoisotopic (exact) mass is 194 g/mol. The van der Waals surface area contributed by atoms with Crippen molar-refractivity contribution in [2.24, 2.45) is 0 Å². The summed E-state index contributed by atoms with van der Waals surface area (Å²) in [5.74, 6) is -0.982. The summed E-state index contributed by atoms with van der Waals surface area (Å²) in [5, 5.41) is 8.86. The largest absolute Gasteiger partial charge is 0.478 e. The highest BCUT2D eigenvalue weighted by Gasteiger charge is 2.43. The van der Waals surface area contributed by atoms with Gasteiger partial charge in [0, 0.05) is 6.42 Å². The molecule has 3 heteroatoms. The topological polar surface area (TPSA) is 37.3 Å². The van der Waals surface area contributed by atoms with Crippen LogP contribution in [0.4, 0.5) is 4.39 Å². The van der Waals surface area contributed by atoms with E-state index in [-0.39, 0.29) is 12.0 Å². The third-order valence-electron chi connectivity index (χ3n) is 2.55. The summed E-state index contributed by atoms with van der Waals surface area (Å²) in [5.41, 5.74) is -0.317.